The maximum atomic E-state index is 13.4. The topological polar surface area (TPSA) is 114 Å². The molecule has 2 atom stereocenters. The van der Waals surface area contributed by atoms with Gasteiger partial charge in [-0.05, 0) is 38.8 Å². The fourth-order valence-corrected chi connectivity index (χ4v) is 9.01. The van der Waals surface area contributed by atoms with Gasteiger partial charge in [-0.1, -0.05) is 192 Å². The molecule has 354 valence electrons. The second-order valence-electron chi connectivity index (χ2n) is 16.4. The lowest BCUT2D eigenvalue weighted by Crippen LogP contribution is -2.38. The highest BCUT2D eigenvalue weighted by Crippen LogP contribution is 2.23. The summed E-state index contributed by atoms with van der Waals surface area (Å²) in [6.45, 7) is 17.0. The third-order valence-electron chi connectivity index (χ3n) is 11.3. The minimum Gasteiger partial charge on any atom is -0.464 e. The van der Waals surface area contributed by atoms with Crippen molar-refractivity contribution in [1.82, 2.24) is 15.1 Å². The Morgan fingerprint density at radius 1 is 0.483 bits per heavy atom. The van der Waals surface area contributed by atoms with Gasteiger partial charge in [-0.2, -0.15) is 0 Å². The SMILES string of the molecule is CCCCCCCCC(CCCCCC)C(=O)OCCN(CCOC(=O)C(CCCCCC)CCCCCCCC)C(=O)OCCSSCCNC(=O)CCN(CC)CC. The highest BCUT2D eigenvalue weighted by Gasteiger charge is 2.23. The molecule has 2 unspecified atom stereocenters. The molecule has 2 amide bonds. The molecule has 0 aliphatic rings. The third kappa shape index (κ3) is 34.9. The first kappa shape index (κ1) is 58.3. The van der Waals surface area contributed by atoms with Crippen LogP contribution in [-0.2, 0) is 28.6 Å². The van der Waals surface area contributed by atoms with E-state index >= 15 is 0 Å². The van der Waals surface area contributed by atoms with E-state index in [1.165, 1.54) is 69.1 Å². The number of hydrogen-bond donors (Lipinski definition) is 1. The molecule has 60 heavy (non-hydrogen) atoms. The van der Waals surface area contributed by atoms with Crippen molar-refractivity contribution in [3.05, 3.63) is 0 Å². The average molecular weight is 888 g/mol. The predicted molar refractivity (Wildman–Crippen MR) is 256 cm³/mol. The molecule has 0 rings (SSSR count). The Labute approximate surface area is 377 Å². The summed E-state index contributed by atoms with van der Waals surface area (Å²) in [5.74, 6) is 0.841. The Balaban J connectivity index is 5.27. The van der Waals surface area contributed by atoms with Gasteiger partial charge < -0.3 is 29.3 Å². The van der Waals surface area contributed by atoms with Crippen LogP contribution in [0, 0.1) is 11.8 Å². The van der Waals surface area contributed by atoms with E-state index in [9.17, 15) is 19.2 Å². The average Bonchev–Trinajstić information content (AvgIpc) is 3.25. The fraction of sp³-hybridized carbons (Fsp3) is 0.917. The zero-order chi connectivity index (χ0) is 44.3. The van der Waals surface area contributed by atoms with Crippen LogP contribution < -0.4 is 5.32 Å². The highest BCUT2D eigenvalue weighted by molar-refractivity contribution is 8.76. The smallest absolute Gasteiger partial charge is 0.410 e. The van der Waals surface area contributed by atoms with Gasteiger partial charge in [-0.3, -0.25) is 14.4 Å². The minimum atomic E-state index is -0.500. The Hall–Kier alpha value is -1.66. The summed E-state index contributed by atoms with van der Waals surface area (Å²) in [6.07, 6.45) is 26.5. The van der Waals surface area contributed by atoms with Gasteiger partial charge in [-0.25, -0.2) is 4.79 Å². The molecule has 0 aliphatic carbocycles. The Kier molecular flexibility index (Phi) is 42.8. The van der Waals surface area contributed by atoms with Crippen LogP contribution in [0.3, 0.4) is 0 Å². The molecule has 12 heteroatoms. The number of esters is 2. The standard InChI is InChI=1S/C48H93N3O7S2/c1-7-13-17-21-23-27-31-43(29-25-19-15-9-3)46(53)56-38-36-51(48(55)58-40-42-60-59-41-34-49-45(52)33-35-50(11-5)12-6)37-39-57-47(54)44(30-26-20-16-10-4)32-28-24-22-18-14-8-2/h43-44H,7-42H2,1-6H3,(H,49,52). The summed E-state index contributed by atoms with van der Waals surface area (Å²) < 4.78 is 17.4. The van der Waals surface area contributed by atoms with Crippen molar-refractivity contribution in [3.8, 4) is 0 Å². The van der Waals surface area contributed by atoms with Gasteiger partial charge in [0.15, 0.2) is 0 Å². The van der Waals surface area contributed by atoms with Crippen LogP contribution in [0.4, 0.5) is 4.79 Å². The number of rotatable bonds is 44. The lowest BCUT2D eigenvalue weighted by Gasteiger charge is -2.23. The Bertz CT molecular complexity index is 970. The molecule has 0 heterocycles. The van der Waals surface area contributed by atoms with Crippen LogP contribution in [0.1, 0.15) is 202 Å². The number of carbonyl (C=O) groups is 4. The lowest BCUT2D eigenvalue weighted by molar-refractivity contribution is -0.150. The van der Waals surface area contributed by atoms with E-state index in [-0.39, 0.29) is 62.6 Å². The van der Waals surface area contributed by atoms with E-state index in [1.54, 1.807) is 21.6 Å². The molecule has 0 bridgehead atoms. The largest absolute Gasteiger partial charge is 0.464 e. The molecule has 0 aromatic heterocycles. The van der Waals surface area contributed by atoms with Crippen LogP contribution in [-0.4, -0.2) is 104 Å². The number of amides is 2. The normalized spacial score (nSPS) is 12.3. The molecular formula is C48H93N3O7S2. The van der Waals surface area contributed by atoms with Crippen LogP contribution >= 0.6 is 21.6 Å². The van der Waals surface area contributed by atoms with Crippen molar-refractivity contribution in [1.29, 1.82) is 0 Å². The van der Waals surface area contributed by atoms with E-state index in [2.05, 4.69) is 51.8 Å². The third-order valence-corrected chi connectivity index (χ3v) is 13.7. The molecule has 0 saturated carbocycles. The van der Waals surface area contributed by atoms with Crippen LogP contribution in [0.15, 0.2) is 0 Å². The van der Waals surface area contributed by atoms with E-state index < -0.39 is 6.09 Å². The zero-order valence-electron chi connectivity index (χ0n) is 39.7. The first-order valence-corrected chi connectivity index (χ1v) is 27.2. The second kappa shape index (κ2) is 44.0. The predicted octanol–water partition coefficient (Wildman–Crippen LogP) is 12.4. The molecule has 0 spiro atoms. The van der Waals surface area contributed by atoms with E-state index in [0.717, 1.165) is 115 Å². The first-order chi connectivity index (χ1) is 29.3. The molecule has 10 nitrogen and oxygen atoms in total. The number of unbranched alkanes of at least 4 members (excludes halogenated alkanes) is 16. The van der Waals surface area contributed by atoms with Crippen LogP contribution in [0.5, 0.6) is 0 Å². The van der Waals surface area contributed by atoms with Crippen molar-refractivity contribution in [2.75, 3.05) is 70.6 Å². The van der Waals surface area contributed by atoms with Gasteiger partial charge in [0, 0.05) is 31.0 Å². The van der Waals surface area contributed by atoms with Gasteiger partial charge >= 0.3 is 18.0 Å². The number of carbonyl (C=O) groups excluding carboxylic acids is 4. The van der Waals surface area contributed by atoms with Crippen LogP contribution in [0.25, 0.3) is 0 Å². The summed E-state index contributed by atoms with van der Waals surface area (Å²) in [6, 6.07) is 0. The molecule has 0 aliphatic heterocycles. The second-order valence-corrected chi connectivity index (χ2v) is 19.1. The molecule has 0 aromatic carbocycles. The van der Waals surface area contributed by atoms with Gasteiger partial charge in [0.25, 0.3) is 0 Å². The molecule has 0 radical (unpaired) electrons. The van der Waals surface area contributed by atoms with Gasteiger partial charge in [0.05, 0.1) is 24.9 Å². The Morgan fingerprint density at radius 3 is 1.32 bits per heavy atom. The number of nitrogens with one attached hydrogen (secondary N) is 1. The number of ether oxygens (including phenoxy) is 3. The van der Waals surface area contributed by atoms with Crippen molar-refractivity contribution in [2.24, 2.45) is 11.8 Å². The van der Waals surface area contributed by atoms with E-state index in [0.29, 0.717) is 18.7 Å². The summed E-state index contributed by atoms with van der Waals surface area (Å²) in [5, 5.41) is 2.98. The number of hydrogen-bond acceptors (Lipinski definition) is 10. The maximum Gasteiger partial charge on any atom is 0.410 e. The molecule has 0 aromatic rings. The molecular weight excluding hydrogens is 795 g/mol. The minimum absolute atomic E-state index is 0.0680. The Morgan fingerprint density at radius 2 is 0.883 bits per heavy atom. The molecule has 0 saturated heterocycles. The summed E-state index contributed by atoms with van der Waals surface area (Å²) in [7, 11) is 3.24. The van der Waals surface area contributed by atoms with Crippen molar-refractivity contribution >= 4 is 45.5 Å². The summed E-state index contributed by atoms with van der Waals surface area (Å²) >= 11 is 0. The summed E-state index contributed by atoms with van der Waals surface area (Å²) in [5.41, 5.74) is 0. The first-order valence-electron chi connectivity index (χ1n) is 24.8. The van der Waals surface area contributed by atoms with Gasteiger partial charge in [-0.15, -0.1) is 0 Å². The van der Waals surface area contributed by atoms with Crippen molar-refractivity contribution < 1.29 is 33.4 Å². The monoisotopic (exact) mass is 888 g/mol. The van der Waals surface area contributed by atoms with Crippen molar-refractivity contribution in [3.63, 3.8) is 0 Å². The highest BCUT2D eigenvalue weighted by atomic mass is 33.1. The van der Waals surface area contributed by atoms with Gasteiger partial charge in [0.1, 0.15) is 19.8 Å². The lowest BCUT2D eigenvalue weighted by atomic mass is 9.94. The fourth-order valence-electron chi connectivity index (χ4n) is 7.27. The molecule has 1 N–H and O–H groups in total. The summed E-state index contributed by atoms with van der Waals surface area (Å²) in [4.78, 5) is 56.0. The molecule has 0 fully saturated rings. The quantitative estimate of drug-likeness (QED) is 0.0274. The van der Waals surface area contributed by atoms with Crippen molar-refractivity contribution in [2.45, 2.75) is 202 Å². The number of nitrogens with zero attached hydrogens (tertiary/aromatic N) is 2. The zero-order valence-corrected chi connectivity index (χ0v) is 41.3. The van der Waals surface area contributed by atoms with Gasteiger partial charge in [0.2, 0.25) is 5.91 Å². The van der Waals surface area contributed by atoms with E-state index in [1.807, 2.05) is 0 Å². The maximum absolute atomic E-state index is 13.4. The van der Waals surface area contributed by atoms with E-state index in [4.69, 9.17) is 14.2 Å². The van der Waals surface area contributed by atoms with Crippen LogP contribution in [0.2, 0.25) is 0 Å².